The average Bonchev–Trinajstić information content (AvgIpc) is 3.45. The van der Waals surface area contributed by atoms with E-state index < -0.39 is 0 Å². The van der Waals surface area contributed by atoms with Crippen LogP contribution in [0.2, 0.25) is 0 Å². The van der Waals surface area contributed by atoms with E-state index in [1.807, 2.05) is 54.7 Å². The second-order valence-corrected chi connectivity index (χ2v) is 16.1. The molecule has 1 N–H and O–H groups in total. The fourth-order valence-electron chi connectivity index (χ4n) is 6.09. The number of aliphatic hydroxyl groups excluding tert-OH is 1. The van der Waals surface area contributed by atoms with Crippen molar-refractivity contribution in [3.05, 3.63) is 90.3 Å². The van der Waals surface area contributed by atoms with Crippen molar-refractivity contribution >= 4 is 66.3 Å². The van der Waals surface area contributed by atoms with Crippen molar-refractivity contribution in [1.82, 2.24) is 4.98 Å². The van der Waals surface area contributed by atoms with Gasteiger partial charge in [-0.25, -0.2) is 0 Å². The van der Waals surface area contributed by atoms with Gasteiger partial charge in [0.05, 0.1) is 0 Å². The number of ketones is 1. The summed E-state index contributed by atoms with van der Waals surface area (Å²) in [5.41, 5.74) is 4.85. The molecule has 0 aliphatic rings. The summed E-state index contributed by atoms with van der Waals surface area (Å²) in [5.74, 6) is 0.286. The fraction of sp³-hybridized carbons (Fsp3) is 0.395. The van der Waals surface area contributed by atoms with E-state index >= 15 is 0 Å². The maximum Gasteiger partial charge on any atom is 0.164 e. The molecule has 0 amide bonds. The molecular formula is C43H52IrNO2S2-. The SMILES string of the molecule is C=C(C)c1c(S)ccc2sc3ccnc(-c4[c-]c5ccccc5c(C(C)(C)C)c4)c3c12.CCC(C)(CC)C(=O)/C=C(\O)C(C)(CC)CC.[Ir]. The first kappa shape index (κ1) is 40.7. The molecule has 5 rings (SSSR count). The van der Waals surface area contributed by atoms with Gasteiger partial charge in [0, 0.05) is 68.6 Å². The van der Waals surface area contributed by atoms with Crippen LogP contribution < -0.4 is 0 Å². The molecule has 0 fully saturated rings. The Morgan fingerprint density at radius 3 is 2.08 bits per heavy atom. The molecule has 0 saturated carbocycles. The number of hydrogen-bond donors (Lipinski definition) is 2. The molecule has 2 heterocycles. The monoisotopic (exact) mass is 871 g/mol. The maximum atomic E-state index is 12.2. The van der Waals surface area contributed by atoms with Gasteiger partial charge in [-0.3, -0.25) is 9.78 Å². The van der Waals surface area contributed by atoms with Crippen LogP contribution in [-0.4, -0.2) is 15.9 Å². The number of rotatable bonds is 9. The van der Waals surface area contributed by atoms with Crippen molar-refractivity contribution in [3.8, 4) is 11.3 Å². The van der Waals surface area contributed by atoms with Crippen LogP contribution in [0.1, 0.15) is 106 Å². The van der Waals surface area contributed by atoms with Crippen molar-refractivity contribution in [1.29, 1.82) is 0 Å². The molecule has 0 atom stereocenters. The molecule has 0 aliphatic carbocycles. The Balaban J connectivity index is 0.000000312. The Kier molecular flexibility index (Phi) is 13.3. The topological polar surface area (TPSA) is 50.2 Å². The predicted octanol–water partition coefficient (Wildman–Crippen LogP) is 13.3. The van der Waals surface area contributed by atoms with Gasteiger partial charge >= 0.3 is 0 Å². The van der Waals surface area contributed by atoms with Crippen molar-refractivity contribution in [2.24, 2.45) is 10.8 Å². The normalized spacial score (nSPS) is 12.5. The molecule has 263 valence electrons. The minimum absolute atomic E-state index is 0. The minimum atomic E-state index is -0.337. The zero-order chi connectivity index (χ0) is 35.6. The van der Waals surface area contributed by atoms with E-state index in [0.29, 0.717) is 0 Å². The van der Waals surface area contributed by atoms with Crippen LogP contribution >= 0.6 is 24.0 Å². The number of aromatic nitrogens is 1. The van der Waals surface area contributed by atoms with Gasteiger partial charge in [-0.2, -0.15) is 0 Å². The Bertz CT molecular complexity index is 2010. The summed E-state index contributed by atoms with van der Waals surface area (Å²) in [7, 11) is 0. The Morgan fingerprint density at radius 2 is 1.51 bits per heavy atom. The molecule has 6 heteroatoms. The molecule has 49 heavy (non-hydrogen) atoms. The number of thiol groups is 1. The van der Waals surface area contributed by atoms with Crippen molar-refractivity contribution in [3.63, 3.8) is 0 Å². The first-order valence-corrected chi connectivity index (χ1v) is 18.4. The number of aliphatic hydroxyl groups is 1. The molecule has 3 nitrogen and oxygen atoms in total. The minimum Gasteiger partial charge on any atom is -0.512 e. The summed E-state index contributed by atoms with van der Waals surface area (Å²) in [6.07, 6.45) is 6.67. The zero-order valence-electron chi connectivity index (χ0n) is 30.8. The Hall–Kier alpha value is -2.76. The molecule has 0 saturated heterocycles. The number of thiophene rings is 1. The summed E-state index contributed by atoms with van der Waals surface area (Å²) in [6.45, 7) is 25.2. The molecule has 1 radical (unpaired) electrons. The fourth-order valence-corrected chi connectivity index (χ4v) is 7.58. The van der Waals surface area contributed by atoms with Crippen LogP contribution in [-0.2, 0) is 30.3 Å². The van der Waals surface area contributed by atoms with Gasteiger partial charge in [0.15, 0.2) is 5.78 Å². The van der Waals surface area contributed by atoms with Crippen LogP contribution in [0.25, 0.3) is 47.8 Å². The summed E-state index contributed by atoms with van der Waals surface area (Å²) >= 11 is 6.55. The van der Waals surface area contributed by atoms with Gasteiger partial charge in [0.2, 0.25) is 0 Å². The van der Waals surface area contributed by atoms with Crippen LogP contribution in [0.5, 0.6) is 0 Å². The number of fused-ring (bicyclic) bond motifs is 4. The Labute approximate surface area is 317 Å². The van der Waals surface area contributed by atoms with Crippen LogP contribution in [0.4, 0.5) is 0 Å². The molecule has 3 aromatic carbocycles. The van der Waals surface area contributed by atoms with Crippen molar-refractivity contribution in [2.45, 2.75) is 105 Å². The van der Waals surface area contributed by atoms with Gasteiger partial charge in [0.1, 0.15) is 5.76 Å². The molecule has 0 aliphatic heterocycles. The van der Waals surface area contributed by atoms with Gasteiger partial charge in [0.25, 0.3) is 0 Å². The third kappa shape index (κ3) is 8.25. The molecular weight excluding hydrogens is 819 g/mol. The van der Waals surface area contributed by atoms with E-state index in [9.17, 15) is 9.90 Å². The number of pyridine rings is 1. The summed E-state index contributed by atoms with van der Waals surface area (Å²) in [4.78, 5) is 18.0. The van der Waals surface area contributed by atoms with Gasteiger partial charge in [-0.15, -0.1) is 53.1 Å². The first-order chi connectivity index (χ1) is 22.5. The van der Waals surface area contributed by atoms with E-state index in [1.54, 1.807) is 11.3 Å². The molecule has 0 spiro atoms. The van der Waals surface area contributed by atoms with E-state index in [1.165, 1.54) is 37.2 Å². The predicted molar refractivity (Wildman–Crippen MR) is 213 cm³/mol. The number of benzene rings is 3. The van der Waals surface area contributed by atoms with Crippen LogP contribution in [0.3, 0.4) is 0 Å². The quantitative estimate of drug-likeness (QED) is 0.0671. The molecule has 5 aromatic rings. The number of hydrogen-bond acceptors (Lipinski definition) is 5. The third-order valence-electron chi connectivity index (χ3n) is 10.4. The summed E-state index contributed by atoms with van der Waals surface area (Å²) in [6, 6.07) is 20.8. The van der Waals surface area contributed by atoms with Gasteiger partial charge in [-0.05, 0) is 72.7 Å². The molecule has 2 aromatic heterocycles. The smallest absolute Gasteiger partial charge is 0.164 e. The van der Waals surface area contributed by atoms with Crippen molar-refractivity contribution < 1.29 is 30.0 Å². The first-order valence-electron chi connectivity index (χ1n) is 17.2. The average molecular weight is 871 g/mol. The maximum absolute atomic E-state index is 12.2. The van der Waals surface area contributed by atoms with Crippen LogP contribution in [0.15, 0.2) is 78.0 Å². The zero-order valence-corrected chi connectivity index (χ0v) is 34.9. The summed E-state index contributed by atoms with van der Waals surface area (Å²) in [5, 5.41) is 14.9. The van der Waals surface area contributed by atoms with E-state index in [0.717, 1.165) is 58.4 Å². The standard InChI is InChI=1S/C28H24NS2.C15H28O2.Ir/c1-16(2)24-21(30)10-11-22-25(24)26-23(31-22)12-13-29-27(26)18-14-17-8-6-7-9-19(17)20(15-18)28(3,4)5;1-7-14(5,8-2)12(16)11-13(17)15(6,9-3)10-4;/h6-13,15,30H,1H2,2-5H3;11,16H,7-10H2,1-6H3;/q-1;;/b;12-11-;. The van der Waals surface area contributed by atoms with E-state index in [-0.39, 0.29) is 47.9 Å². The van der Waals surface area contributed by atoms with Gasteiger partial charge in [-0.1, -0.05) is 98.0 Å². The van der Waals surface area contributed by atoms with Crippen molar-refractivity contribution in [2.75, 3.05) is 0 Å². The number of allylic oxidation sites excluding steroid dienone is 3. The second-order valence-electron chi connectivity index (χ2n) is 14.6. The third-order valence-corrected chi connectivity index (χ3v) is 11.9. The molecule has 0 unspecified atom stereocenters. The number of carbonyl (C=O) groups is 1. The number of carbonyl (C=O) groups excluding carboxylic acids is 1. The summed E-state index contributed by atoms with van der Waals surface area (Å²) < 4.78 is 2.46. The largest absolute Gasteiger partial charge is 0.512 e. The van der Waals surface area contributed by atoms with Gasteiger partial charge < -0.3 is 5.11 Å². The van der Waals surface area contributed by atoms with E-state index in [2.05, 4.69) is 81.9 Å². The molecule has 0 bridgehead atoms. The Morgan fingerprint density at radius 1 is 0.918 bits per heavy atom. The number of nitrogens with zero attached hydrogens (tertiary/aromatic N) is 1. The second kappa shape index (κ2) is 16.1. The van der Waals surface area contributed by atoms with Crippen LogP contribution in [0, 0.1) is 16.9 Å². The van der Waals surface area contributed by atoms with E-state index in [4.69, 9.17) is 17.6 Å².